The third-order valence-corrected chi connectivity index (χ3v) is 2.40. The third-order valence-electron chi connectivity index (χ3n) is 2.40. The van der Waals surface area contributed by atoms with E-state index in [0.717, 1.165) is 0 Å². The fourth-order valence-corrected chi connectivity index (χ4v) is 1.42. The number of rotatable bonds is 5. The highest BCUT2D eigenvalue weighted by Gasteiger charge is 2.23. The number of nitrogens with one attached hydrogen (secondary N) is 2. The van der Waals surface area contributed by atoms with E-state index in [4.69, 9.17) is 4.74 Å². The molecule has 0 aromatic carbocycles. The molecule has 21 heavy (non-hydrogen) atoms. The van der Waals surface area contributed by atoms with Crippen molar-refractivity contribution in [2.24, 2.45) is 0 Å². The Labute approximate surface area is 120 Å². The van der Waals surface area contributed by atoms with Gasteiger partial charge in [0.05, 0.1) is 0 Å². The maximum absolute atomic E-state index is 11.7. The van der Waals surface area contributed by atoms with Crippen LogP contribution in [0.5, 0.6) is 5.75 Å². The molecule has 0 aliphatic carbocycles. The van der Waals surface area contributed by atoms with Crippen LogP contribution in [0, 0.1) is 17.0 Å². The summed E-state index contributed by atoms with van der Waals surface area (Å²) in [4.78, 5) is 36.8. The zero-order valence-corrected chi connectivity index (χ0v) is 11.9. The summed E-state index contributed by atoms with van der Waals surface area (Å²) in [7, 11) is 0. The molecule has 1 unspecified atom stereocenters. The van der Waals surface area contributed by atoms with Gasteiger partial charge in [-0.15, -0.1) is 0 Å². The highest BCUT2D eigenvalue weighted by atomic mass is 16.6. The first-order valence-corrected chi connectivity index (χ1v) is 6.22. The number of carbonyl (C=O) groups excluding carboxylic acids is 2. The fourth-order valence-electron chi connectivity index (χ4n) is 1.42. The van der Waals surface area contributed by atoms with E-state index in [1.54, 1.807) is 13.8 Å². The van der Waals surface area contributed by atoms with Gasteiger partial charge in [-0.1, -0.05) is 0 Å². The lowest BCUT2D eigenvalue weighted by Gasteiger charge is -2.14. The molecule has 0 aliphatic rings. The van der Waals surface area contributed by atoms with Crippen LogP contribution in [0.4, 0.5) is 10.6 Å². The summed E-state index contributed by atoms with van der Waals surface area (Å²) in [5, 5.41) is 15.3. The van der Waals surface area contributed by atoms with Crippen molar-refractivity contribution in [3.63, 3.8) is 0 Å². The number of hydrogen-bond donors (Lipinski definition) is 2. The Morgan fingerprint density at radius 3 is 2.71 bits per heavy atom. The Bertz CT molecular complexity index is 561. The molecule has 1 aromatic heterocycles. The Balaban J connectivity index is 2.79. The number of imide groups is 1. The summed E-state index contributed by atoms with van der Waals surface area (Å²) in [5.74, 6) is -1.33. The lowest BCUT2D eigenvalue weighted by Crippen LogP contribution is -2.45. The van der Waals surface area contributed by atoms with Crippen LogP contribution in [-0.4, -0.2) is 34.5 Å². The summed E-state index contributed by atoms with van der Waals surface area (Å²) < 4.78 is 5.21. The smallest absolute Gasteiger partial charge is 0.406 e. The highest BCUT2D eigenvalue weighted by molar-refractivity contribution is 5.96. The van der Waals surface area contributed by atoms with E-state index in [1.165, 1.54) is 19.1 Å². The first kappa shape index (κ1) is 16.3. The van der Waals surface area contributed by atoms with E-state index in [9.17, 15) is 19.7 Å². The number of nitrogens with zero attached hydrogens (tertiary/aromatic N) is 2. The molecule has 3 amide bonds. The van der Waals surface area contributed by atoms with Crippen LogP contribution in [0.1, 0.15) is 19.5 Å². The van der Waals surface area contributed by atoms with E-state index >= 15 is 0 Å². The average Bonchev–Trinajstić information content (AvgIpc) is 2.40. The minimum absolute atomic E-state index is 0.135. The van der Waals surface area contributed by atoms with Crippen LogP contribution in [-0.2, 0) is 4.79 Å². The summed E-state index contributed by atoms with van der Waals surface area (Å²) in [5.41, 5.74) is 0.452. The molecule has 0 saturated heterocycles. The van der Waals surface area contributed by atoms with Crippen molar-refractivity contribution < 1.29 is 19.2 Å². The molecule has 1 heterocycles. The van der Waals surface area contributed by atoms with Gasteiger partial charge < -0.3 is 20.2 Å². The molecule has 0 aliphatic heterocycles. The number of hydrogen-bond acceptors (Lipinski definition) is 6. The molecule has 0 fully saturated rings. The average molecular weight is 296 g/mol. The molecule has 9 heteroatoms. The highest BCUT2D eigenvalue weighted by Crippen LogP contribution is 2.25. The fraction of sp³-hybridized carbons (Fsp3) is 0.417. The topological polar surface area (TPSA) is 123 Å². The zero-order chi connectivity index (χ0) is 16.0. The number of aromatic nitrogens is 1. The van der Waals surface area contributed by atoms with Crippen LogP contribution in [0.25, 0.3) is 0 Å². The Morgan fingerprint density at radius 2 is 2.14 bits per heavy atom. The second-order valence-electron chi connectivity index (χ2n) is 4.14. The Kier molecular flexibility index (Phi) is 5.58. The van der Waals surface area contributed by atoms with Crippen LogP contribution in [0.3, 0.4) is 0 Å². The number of aryl methyl sites for hydroxylation is 1. The molecular weight excluding hydrogens is 280 g/mol. The molecule has 114 valence electrons. The van der Waals surface area contributed by atoms with Gasteiger partial charge in [0.15, 0.2) is 6.10 Å². The number of urea groups is 1. The first-order chi connectivity index (χ1) is 9.85. The van der Waals surface area contributed by atoms with Crippen molar-refractivity contribution in [1.82, 2.24) is 15.6 Å². The van der Waals surface area contributed by atoms with Gasteiger partial charge in [-0.25, -0.2) is 4.79 Å². The third kappa shape index (κ3) is 4.71. The zero-order valence-electron chi connectivity index (χ0n) is 11.9. The SMILES string of the molecule is CCNC(=O)NC(=O)C(C)Oc1ccc(C)nc1[N+](=O)[O-]. The number of nitro groups is 1. The minimum Gasteiger partial charge on any atom is -0.473 e. The van der Waals surface area contributed by atoms with E-state index < -0.39 is 28.8 Å². The summed E-state index contributed by atoms with van der Waals surface area (Å²) in [6.07, 6.45) is -1.09. The number of carbonyl (C=O) groups is 2. The summed E-state index contributed by atoms with van der Waals surface area (Å²) in [6, 6.07) is 2.22. The molecule has 0 spiro atoms. The predicted molar refractivity (Wildman–Crippen MR) is 72.9 cm³/mol. The lowest BCUT2D eigenvalue weighted by atomic mass is 10.3. The predicted octanol–water partition coefficient (Wildman–Crippen LogP) is 0.911. The lowest BCUT2D eigenvalue weighted by molar-refractivity contribution is -0.390. The van der Waals surface area contributed by atoms with Gasteiger partial charge in [0.2, 0.25) is 5.75 Å². The molecule has 0 radical (unpaired) electrons. The maximum Gasteiger partial charge on any atom is 0.406 e. The summed E-state index contributed by atoms with van der Waals surface area (Å²) >= 11 is 0. The second-order valence-corrected chi connectivity index (χ2v) is 4.14. The van der Waals surface area contributed by atoms with E-state index in [-0.39, 0.29) is 5.75 Å². The van der Waals surface area contributed by atoms with Crippen molar-refractivity contribution in [2.45, 2.75) is 26.9 Å². The molecule has 9 nitrogen and oxygen atoms in total. The van der Waals surface area contributed by atoms with Gasteiger partial charge in [-0.2, -0.15) is 0 Å². The van der Waals surface area contributed by atoms with E-state index in [1.807, 2.05) is 0 Å². The van der Waals surface area contributed by atoms with Gasteiger partial charge in [0.25, 0.3) is 5.91 Å². The molecule has 0 bridgehead atoms. The van der Waals surface area contributed by atoms with Gasteiger partial charge in [0.1, 0.15) is 5.69 Å². The van der Waals surface area contributed by atoms with Gasteiger partial charge in [-0.05, 0) is 35.9 Å². The van der Waals surface area contributed by atoms with Crippen molar-refractivity contribution >= 4 is 17.8 Å². The van der Waals surface area contributed by atoms with Crippen molar-refractivity contribution in [1.29, 1.82) is 0 Å². The largest absolute Gasteiger partial charge is 0.473 e. The van der Waals surface area contributed by atoms with E-state index in [0.29, 0.717) is 12.2 Å². The number of pyridine rings is 1. The van der Waals surface area contributed by atoms with Crippen LogP contribution < -0.4 is 15.4 Å². The van der Waals surface area contributed by atoms with Crippen LogP contribution >= 0.6 is 0 Å². The van der Waals surface area contributed by atoms with Gasteiger partial charge in [0, 0.05) is 13.5 Å². The maximum atomic E-state index is 11.7. The van der Waals surface area contributed by atoms with Crippen LogP contribution in [0.15, 0.2) is 12.1 Å². The molecule has 1 aromatic rings. The molecule has 2 N–H and O–H groups in total. The Hall–Kier alpha value is -2.71. The number of amides is 3. The second kappa shape index (κ2) is 7.17. The van der Waals surface area contributed by atoms with E-state index in [2.05, 4.69) is 15.6 Å². The number of ether oxygens (including phenoxy) is 1. The monoisotopic (exact) mass is 296 g/mol. The summed E-state index contributed by atoms with van der Waals surface area (Å²) in [6.45, 7) is 5.03. The quantitative estimate of drug-likeness (QED) is 0.615. The van der Waals surface area contributed by atoms with Crippen LogP contribution in [0.2, 0.25) is 0 Å². The minimum atomic E-state index is -1.09. The van der Waals surface area contributed by atoms with Gasteiger partial charge in [-0.3, -0.25) is 10.1 Å². The molecular formula is C12H16N4O5. The van der Waals surface area contributed by atoms with Crippen molar-refractivity contribution in [2.75, 3.05) is 6.54 Å². The van der Waals surface area contributed by atoms with Gasteiger partial charge >= 0.3 is 11.8 Å². The molecule has 1 atom stereocenters. The normalized spacial score (nSPS) is 11.4. The Morgan fingerprint density at radius 1 is 1.48 bits per heavy atom. The molecule has 1 rings (SSSR count). The van der Waals surface area contributed by atoms with Crippen molar-refractivity contribution in [3.8, 4) is 5.75 Å². The van der Waals surface area contributed by atoms with Crippen molar-refractivity contribution in [3.05, 3.63) is 27.9 Å². The standard InChI is InChI=1S/C12H16N4O5/c1-4-13-12(18)15-11(17)8(3)21-9-6-5-7(2)14-10(9)16(19)20/h5-6,8H,4H2,1-3H3,(H2,13,15,17,18). The first-order valence-electron chi connectivity index (χ1n) is 6.22. The molecule has 0 saturated carbocycles.